The van der Waals surface area contributed by atoms with Gasteiger partial charge in [0.25, 0.3) is 0 Å². The summed E-state index contributed by atoms with van der Waals surface area (Å²) in [6, 6.07) is 16.4. The molecule has 6 heteroatoms. The van der Waals surface area contributed by atoms with E-state index in [4.69, 9.17) is 9.47 Å². The highest BCUT2D eigenvalue weighted by Gasteiger charge is 2.20. The van der Waals surface area contributed by atoms with Gasteiger partial charge in [0.05, 0.1) is 12.8 Å². The van der Waals surface area contributed by atoms with Crippen molar-refractivity contribution >= 4 is 5.97 Å². The lowest BCUT2D eigenvalue weighted by Crippen LogP contribution is -2.22. The van der Waals surface area contributed by atoms with Crippen LogP contribution >= 0.6 is 0 Å². The van der Waals surface area contributed by atoms with Crippen LogP contribution in [0.15, 0.2) is 65.6 Å². The van der Waals surface area contributed by atoms with E-state index in [1.165, 1.54) is 6.20 Å². The maximum atomic E-state index is 12.2. The molecule has 2 aromatic carbocycles. The third-order valence-corrected chi connectivity index (χ3v) is 4.01. The molecule has 0 unspecified atom stereocenters. The van der Waals surface area contributed by atoms with Crippen LogP contribution in [0.3, 0.4) is 0 Å². The molecule has 0 aliphatic rings. The number of benzene rings is 2. The van der Waals surface area contributed by atoms with Crippen LogP contribution in [0.25, 0.3) is 5.69 Å². The van der Waals surface area contributed by atoms with Gasteiger partial charge in [0.2, 0.25) is 5.43 Å². The molecule has 0 atom stereocenters. The molecule has 3 aromatic rings. The first-order valence-corrected chi connectivity index (χ1v) is 8.47. The largest absolute Gasteiger partial charge is 0.503 e. The molecule has 27 heavy (non-hydrogen) atoms. The van der Waals surface area contributed by atoms with Crippen molar-refractivity contribution in [2.24, 2.45) is 0 Å². The molecule has 0 saturated heterocycles. The number of carbonyl (C=O) groups is 1. The quantitative estimate of drug-likeness (QED) is 0.696. The molecule has 0 spiro atoms. The second-order valence-corrected chi connectivity index (χ2v) is 5.80. The van der Waals surface area contributed by atoms with Crippen molar-refractivity contribution in [3.8, 4) is 22.9 Å². The lowest BCUT2D eigenvalue weighted by Gasteiger charge is -2.15. The first-order chi connectivity index (χ1) is 13.0. The molecule has 1 heterocycles. The Balaban J connectivity index is 1.96. The summed E-state index contributed by atoms with van der Waals surface area (Å²) in [6.07, 6.45) is 1.29. The second-order valence-electron chi connectivity index (χ2n) is 5.80. The van der Waals surface area contributed by atoms with E-state index in [0.717, 1.165) is 0 Å². The predicted molar refractivity (Wildman–Crippen MR) is 101 cm³/mol. The number of aromatic nitrogens is 1. The minimum Gasteiger partial charge on any atom is -0.503 e. The van der Waals surface area contributed by atoms with Gasteiger partial charge in [0.1, 0.15) is 17.1 Å². The van der Waals surface area contributed by atoms with Crippen molar-refractivity contribution in [3.63, 3.8) is 0 Å². The fraction of sp³-hybridized carbons (Fsp3) is 0.143. The highest BCUT2D eigenvalue weighted by atomic mass is 16.5. The standard InChI is InChI=1S/C21H19NO5/c1-3-26-21(25)19-14(2)22(13-18(23)20(19)24)15-9-11-17(12-10-15)27-16-7-5-4-6-8-16/h4-13,23H,3H2,1-2H3. The average molecular weight is 365 g/mol. The predicted octanol–water partition coefficient (Wildman–Crippen LogP) is 3.82. The molecule has 0 bridgehead atoms. The number of pyridine rings is 1. The number of hydrogen-bond acceptors (Lipinski definition) is 5. The molecule has 0 aliphatic carbocycles. The summed E-state index contributed by atoms with van der Waals surface area (Å²) in [5, 5.41) is 9.97. The Labute approximate surface area is 156 Å². The molecule has 0 radical (unpaired) electrons. The van der Waals surface area contributed by atoms with Gasteiger partial charge in [-0.2, -0.15) is 0 Å². The number of hydrogen-bond donors (Lipinski definition) is 1. The van der Waals surface area contributed by atoms with E-state index in [1.807, 2.05) is 30.3 Å². The van der Waals surface area contributed by atoms with Crippen molar-refractivity contribution in [1.29, 1.82) is 0 Å². The number of carbonyl (C=O) groups excluding carboxylic acids is 1. The third kappa shape index (κ3) is 3.84. The molecule has 0 saturated carbocycles. The van der Waals surface area contributed by atoms with Crippen LogP contribution < -0.4 is 10.2 Å². The van der Waals surface area contributed by atoms with Crippen molar-refractivity contribution < 1.29 is 19.4 Å². The fourth-order valence-corrected chi connectivity index (χ4v) is 2.70. The zero-order chi connectivity index (χ0) is 19.4. The van der Waals surface area contributed by atoms with Crippen LogP contribution in [0.4, 0.5) is 0 Å². The summed E-state index contributed by atoms with van der Waals surface area (Å²) in [6.45, 7) is 3.42. The van der Waals surface area contributed by atoms with Gasteiger partial charge < -0.3 is 19.1 Å². The van der Waals surface area contributed by atoms with Gasteiger partial charge in [0.15, 0.2) is 5.75 Å². The summed E-state index contributed by atoms with van der Waals surface area (Å²) >= 11 is 0. The Kier molecular flexibility index (Phi) is 5.26. The van der Waals surface area contributed by atoms with E-state index >= 15 is 0 Å². The molecule has 6 nitrogen and oxygen atoms in total. The van der Waals surface area contributed by atoms with E-state index < -0.39 is 17.1 Å². The van der Waals surface area contributed by atoms with Crippen molar-refractivity contribution in [3.05, 3.63) is 82.3 Å². The van der Waals surface area contributed by atoms with E-state index in [1.54, 1.807) is 42.7 Å². The van der Waals surface area contributed by atoms with Crippen molar-refractivity contribution in [2.45, 2.75) is 13.8 Å². The number of rotatable bonds is 5. The Bertz CT molecular complexity index is 1010. The molecular weight excluding hydrogens is 346 g/mol. The lowest BCUT2D eigenvalue weighted by molar-refractivity contribution is 0.0522. The smallest absolute Gasteiger partial charge is 0.344 e. The van der Waals surface area contributed by atoms with Crippen LogP contribution in [0, 0.1) is 6.92 Å². The zero-order valence-corrected chi connectivity index (χ0v) is 15.0. The van der Waals surface area contributed by atoms with E-state index in [2.05, 4.69) is 0 Å². The molecule has 0 aliphatic heterocycles. The van der Waals surface area contributed by atoms with E-state index in [9.17, 15) is 14.7 Å². The topological polar surface area (TPSA) is 77.8 Å². The monoisotopic (exact) mass is 365 g/mol. The maximum Gasteiger partial charge on any atom is 0.344 e. The molecule has 138 valence electrons. The molecule has 1 aromatic heterocycles. The van der Waals surface area contributed by atoms with Crippen molar-refractivity contribution in [1.82, 2.24) is 4.57 Å². The van der Waals surface area contributed by atoms with Crippen LogP contribution in [0.5, 0.6) is 17.2 Å². The average Bonchev–Trinajstić information content (AvgIpc) is 2.67. The van der Waals surface area contributed by atoms with Crippen LogP contribution in [-0.4, -0.2) is 22.2 Å². The first-order valence-electron chi connectivity index (χ1n) is 8.47. The Hall–Kier alpha value is -3.54. The number of nitrogens with zero attached hydrogens (tertiary/aromatic N) is 1. The summed E-state index contributed by atoms with van der Waals surface area (Å²) in [5.41, 5.74) is 0.120. The summed E-state index contributed by atoms with van der Waals surface area (Å²) in [5.74, 6) is 0.0764. The lowest BCUT2D eigenvalue weighted by atomic mass is 10.1. The van der Waals surface area contributed by atoms with Crippen LogP contribution in [0.2, 0.25) is 0 Å². The Morgan fingerprint density at radius 3 is 2.30 bits per heavy atom. The van der Waals surface area contributed by atoms with Crippen molar-refractivity contribution in [2.75, 3.05) is 6.61 Å². The Morgan fingerprint density at radius 1 is 1.04 bits per heavy atom. The van der Waals surface area contributed by atoms with Gasteiger partial charge in [-0.3, -0.25) is 4.79 Å². The maximum absolute atomic E-state index is 12.2. The van der Waals surface area contributed by atoms with Gasteiger partial charge >= 0.3 is 5.97 Å². The van der Waals surface area contributed by atoms with Gasteiger partial charge in [-0.15, -0.1) is 0 Å². The highest BCUT2D eigenvalue weighted by Crippen LogP contribution is 2.24. The van der Waals surface area contributed by atoms with Crippen LogP contribution in [0.1, 0.15) is 23.0 Å². The molecular formula is C21H19NO5. The zero-order valence-electron chi connectivity index (χ0n) is 15.0. The minimum absolute atomic E-state index is 0.138. The van der Waals surface area contributed by atoms with Gasteiger partial charge in [-0.1, -0.05) is 18.2 Å². The first kappa shape index (κ1) is 18.3. The molecule has 0 fully saturated rings. The third-order valence-electron chi connectivity index (χ3n) is 4.01. The minimum atomic E-state index is -0.756. The number of ether oxygens (including phenoxy) is 2. The summed E-state index contributed by atoms with van der Waals surface area (Å²) in [7, 11) is 0. The van der Waals surface area contributed by atoms with E-state index in [0.29, 0.717) is 22.9 Å². The second kappa shape index (κ2) is 7.78. The van der Waals surface area contributed by atoms with Gasteiger partial charge in [0, 0.05) is 11.4 Å². The number of esters is 1. The van der Waals surface area contributed by atoms with Gasteiger partial charge in [-0.25, -0.2) is 4.79 Å². The molecule has 1 N–H and O–H groups in total. The van der Waals surface area contributed by atoms with E-state index in [-0.39, 0.29) is 12.2 Å². The Morgan fingerprint density at radius 2 is 1.67 bits per heavy atom. The van der Waals surface area contributed by atoms with Gasteiger partial charge in [-0.05, 0) is 50.2 Å². The molecule has 3 rings (SSSR count). The van der Waals surface area contributed by atoms with Crippen LogP contribution in [-0.2, 0) is 4.74 Å². The SMILES string of the molecule is CCOC(=O)c1c(C)n(-c2ccc(Oc3ccccc3)cc2)cc(O)c1=O. The summed E-state index contributed by atoms with van der Waals surface area (Å²) < 4.78 is 12.3. The normalized spacial score (nSPS) is 10.4. The fourth-order valence-electron chi connectivity index (χ4n) is 2.70. The summed E-state index contributed by atoms with van der Waals surface area (Å²) in [4.78, 5) is 24.3. The molecule has 0 amide bonds. The number of aromatic hydroxyl groups is 1. The highest BCUT2D eigenvalue weighted by molar-refractivity contribution is 5.91. The number of para-hydroxylation sites is 1.